The zero-order chi connectivity index (χ0) is 15.2. The second-order valence-corrected chi connectivity index (χ2v) is 4.88. The van der Waals surface area contributed by atoms with Gasteiger partial charge in [-0.3, -0.25) is 9.78 Å². The fraction of sp³-hybridized carbons (Fsp3) is 0.250. The molecule has 110 valence electrons. The quantitative estimate of drug-likeness (QED) is 0.785. The number of carbonyl (C=O) groups is 1. The van der Waals surface area contributed by atoms with E-state index in [9.17, 15) is 4.79 Å². The van der Waals surface area contributed by atoms with Crippen LogP contribution in [0.4, 0.5) is 11.4 Å². The van der Waals surface area contributed by atoms with Gasteiger partial charge in [-0.25, -0.2) is 0 Å². The molecule has 1 heterocycles. The highest BCUT2D eigenvalue weighted by Crippen LogP contribution is 2.15. The first-order valence-electron chi connectivity index (χ1n) is 6.83. The summed E-state index contributed by atoms with van der Waals surface area (Å²) in [7, 11) is 0. The summed E-state index contributed by atoms with van der Waals surface area (Å²) >= 11 is 0. The zero-order valence-electron chi connectivity index (χ0n) is 12.0. The first-order chi connectivity index (χ1) is 10.1. The molecule has 0 bridgehead atoms. The van der Waals surface area contributed by atoms with E-state index in [-0.39, 0.29) is 12.5 Å². The second kappa shape index (κ2) is 6.85. The van der Waals surface area contributed by atoms with Crippen molar-refractivity contribution in [3.8, 4) is 0 Å². The van der Waals surface area contributed by atoms with E-state index < -0.39 is 0 Å². The van der Waals surface area contributed by atoms with Crippen molar-refractivity contribution >= 4 is 17.3 Å². The van der Waals surface area contributed by atoms with Crippen molar-refractivity contribution in [1.29, 1.82) is 0 Å². The summed E-state index contributed by atoms with van der Waals surface area (Å²) in [5.74, 6) is -0.230. The maximum absolute atomic E-state index is 12.3. The van der Waals surface area contributed by atoms with E-state index in [0.717, 1.165) is 17.7 Å². The second-order valence-electron chi connectivity index (χ2n) is 4.88. The van der Waals surface area contributed by atoms with Gasteiger partial charge in [0.2, 0.25) is 0 Å². The van der Waals surface area contributed by atoms with Gasteiger partial charge in [-0.1, -0.05) is 12.1 Å². The Balaban J connectivity index is 2.14. The molecule has 0 saturated carbocycles. The molecule has 1 amide bonds. The Morgan fingerprint density at radius 3 is 2.95 bits per heavy atom. The van der Waals surface area contributed by atoms with E-state index in [1.807, 2.05) is 24.3 Å². The van der Waals surface area contributed by atoms with Crippen molar-refractivity contribution in [3.05, 3.63) is 53.3 Å². The van der Waals surface area contributed by atoms with Crippen molar-refractivity contribution in [2.75, 3.05) is 17.7 Å². The number of aryl methyl sites for hydroxylation is 2. The van der Waals surface area contributed by atoms with Crippen molar-refractivity contribution in [3.63, 3.8) is 0 Å². The standard InChI is InChI=1S/C16H19N3O2/c1-11-15(9-13(17)10-18-11)16(21)19-14-6-2-4-12(8-14)5-3-7-20/h2,4,6,8-10,20H,3,5,7,17H2,1H3,(H,19,21). The third-order valence-corrected chi connectivity index (χ3v) is 3.16. The van der Waals surface area contributed by atoms with E-state index in [1.165, 1.54) is 6.20 Å². The molecule has 2 rings (SSSR count). The number of nitrogens with zero attached hydrogens (tertiary/aromatic N) is 1. The number of nitrogens with one attached hydrogen (secondary N) is 1. The van der Waals surface area contributed by atoms with E-state index in [0.29, 0.717) is 23.4 Å². The molecule has 1 aromatic carbocycles. The molecule has 4 N–H and O–H groups in total. The number of anilines is 2. The van der Waals surface area contributed by atoms with Gasteiger partial charge >= 0.3 is 0 Å². The number of aliphatic hydroxyl groups excluding tert-OH is 1. The third kappa shape index (κ3) is 4.03. The van der Waals surface area contributed by atoms with E-state index in [2.05, 4.69) is 10.3 Å². The van der Waals surface area contributed by atoms with Gasteiger partial charge in [0, 0.05) is 12.3 Å². The Labute approximate surface area is 123 Å². The van der Waals surface area contributed by atoms with E-state index in [4.69, 9.17) is 10.8 Å². The highest BCUT2D eigenvalue weighted by atomic mass is 16.2. The predicted molar refractivity (Wildman–Crippen MR) is 83.2 cm³/mol. The summed E-state index contributed by atoms with van der Waals surface area (Å²) < 4.78 is 0. The molecular formula is C16H19N3O2. The van der Waals surface area contributed by atoms with Crippen LogP contribution in [-0.4, -0.2) is 22.6 Å². The zero-order valence-corrected chi connectivity index (χ0v) is 12.0. The Morgan fingerprint density at radius 2 is 2.19 bits per heavy atom. The Hall–Kier alpha value is -2.40. The van der Waals surface area contributed by atoms with Crippen molar-refractivity contribution < 1.29 is 9.90 Å². The Bertz CT molecular complexity index is 641. The van der Waals surface area contributed by atoms with Gasteiger partial charge in [-0.15, -0.1) is 0 Å². The van der Waals surface area contributed by atoms with Crippen LogP contribution in [0.25, 0.3) is 0 Å². The molecule has 0 unspecified atom stereocenters. The minimum absolute atomic E-state index is 0.157. The molecule has 1 aromatic heterocycles. The van der Waals surface area contributed by atoms with Gasteiger partial charge in [-0.2, -0.15) is 0 Å². The average molecular weight is 285 g/mol. The largest absolute Gasteiger partial charge is 0.397 e. The number of aliphatic hydroxyl groups is 1. The normalized spacial score (nSPS) is 10.4. The van der Waals surface area contributed by atoms with Crippen LogP contribution in [0.2, 0.25) is 0 Å². The van der Waals surface area contributed by atoms with E-state index >= 15 is 0 Å². The fourth-order valence-corrected chi connectivity index (χ4v) is 2.07. The molecule has 5 heteroatoms. The summed E-state index contributed by atoms with van der Waals surface area (Å²) in [6.45, 7) is 1.93. The lowest BCUT2D eigenvalue weighted by molar-refractivity contribution is 0.102. The molecule has 0 aliphatic rings. The van der Waals surface area contributed by atoms with Gasteiger partial charge in [0.05, 0.1) is 23.1 Å². The minimum atomic E-state index is -0.230. The molecule has 0 atom stereocenters. The Morgan fingerprint density at radius 1 is 1.38 bits per heavy atom. The summed E-state index contributed by atoms with van der Waals surface area (Å²) in [6, 6.07) is 9.21. The van der Waals surface area contributed by atoms with Gasteiger partial charge in [0.1, 0.15) is 0 Å². The first kappa shape index (κ1) is 15.0. The highest BCUT2D eigenvalue weighted by Gasteiger charge is 2.11. The summed E-state index contributed by atoms with van der Waals surface area (Å²) in [5.41, 5.74) is 9.03. The SMILES string of the molecule is Cc1ncc(N)cc1C(=O)Nc1cccc(CCCO)c1. The van der Waals surface area contributed by atoms with Crippen LogP contribution in [0.5, 0.6) is 0 Å². The van der Waals surface area contributed by atoms with Crippen LogP contribution in [0.15, 0.2) is 36.5 Å². The number of nitrogens with two attached hydrogens (primary N) is 1. The number of nitrogen functional groups attached to an aromatic ring is 1. The molecule has 21 heavy (non-hydrogen) atoms. The minimum Gasteiger partial charge on any atom is -0.397 e. The smallest absolute Gasteiger partial charge is 0.257 e. The number of pyridine rings is 1. The van der Waals surface area contributed by atoms with Gasteiger partial charge < -0.3 is 16.2 Å². The lowest BCUT2D eigenvalue weighted by atomic mass is 10.1. The highest BCUT2D eigenvalue weighted by molar-refractivity contribution is 6.05. The topological polar surface area (TPSA) is 88.2 Å². The number of rotatable bonds is 5. The van der Waals surface area contributed by atoms with Crippen LogP contribution >= 0.6 is 0 Å². The molecule has 0 radical (unpaired) electrons. The lowest BCUT2D eigenvalue weighted by Crippen LogP contribution is -2.14. The van der Waals surface area contributed by atoms with Crippen LogP contribution in [0.1, 0.15) is 28.0 Å². The number of carbonyl (C=O) groups excluding carboxylic acids is 1. The molecule has 0 fully saturated rings. The molecule has 2 aromatic rings. The van der Waals surface area contributed by atoms with Gasteiger partial charge in [0.15, 0.2) is 0 Å². The summed E-state index contributed by atoms with van der Waals surface area (Å²) in [4.78, 5) is 16.4. The first-order valence-corrected chi connectivity index (χ1v) is 6.83. The molecule has 0 aliphatic carbocycles. The number of amides is 1. The van der Waals surface area contributed by atoms with Gasteiger partial charge in [0.25, 0.3) is 5.91 Å². The number of hydrogen-bond acceptors (Lipinski definition) is 4. The predicted octanol–water partition coefficient (Wildman–Crippen LogP) is 2.15. The molecule has 0 saturated heterocycles. The molecule has 0 aliphatic heterocycles. The summed E-state index contributed by atoms with van der Waals surface area (Å²) in [6.07, 6.45) is 3.01. The van der Waals surface area contributed by atoms with E-state index in [1.54, 1.807) is 13.0 Å². The van der Waals surface area contributed by atoms with Gasteiger partial charge in [-0.05, 0) is 43.5 Å². The lowest BCUT2D eigenvalue weighted by Gasteiger charge is -2.09. The molecule has 0 spiro atoms. The number of hydrogen-bond donors (Lipinski definition) is 3. The maximum atomic E-state index is 12.3. The van der Waals surface area contributed by atoms with Crippen LogP contribution in [0, 0.1) is 6.92 Å². The van der Waals surface area contributed by atoms with Crippen LogP contribution in [-0.2, 0) is 6.42 Å². The summed E-state index contributed by atoms with van der Waals surface area (Å²) in [5, 5.41) is 11.7. The number of benzene rings is 1. The third-order valence-electron chi connectivity index (χ3n) is 3.16. The fourth-order valence-electron chi connectivity index (χ4n) is 2.07. The van der Waals surface area contributed by atoms with Crippen molar-refractivity contribution in [1.82, 2.24) is 4.98 Å². The van der Waals surface area contributed by atoms with Crippen molar-refractivity contribution in [2.24, 2.45) is 0 Å². The molecule has 5 nitrogen and oxygen atoms in total. The Kier molecular flexibility index (Phi) is 4.90. The van der Waals surface area contributed by atoms with Crippen LogP contribution < -0.4 is 11.1 Å². The number of aromatic nitrogens is 1. The monoisotopic (exact) mass is 285 g/mol. The van der Waals surface area contributed by atoms with Crippen LogP contribution in [0.3, 0.4) is 0 Å². The maximum Gasteiger partial charge on any atom is 0.257 e. The molecular weight excluding hydrogens is 266 g/mol. The average Bonchev–Trinajstić information content (AvgIpc) is 2.48. The van der Waals surface area contributed by atoms with Crippen molar-refractivity contribution in [2.45, 2.75) is 19.8 Å².